The fraction of sp³-hybridized carbons (Fsp3) is 0.542. The summed E-state index contributed by atoms with van der Waals surface area (Å²) in [6, 6.07) is 6.20. The molecule has 0 spiro atoms. The molecule has 1 heterocycles. The maximum atomic E-state index is 12.5. The first-order valence-electron chi connectivity index (χ1n) is 10.9. The first-order valence-corrected chi connectivity index (χ1v) is 10.9. The van der Waals surface area contributed by atoms with Crippen LogP contribution in [0.2, 0.25) is 0 Å². The monoisotopic (exact) mass is 393 g/mol. The van der Waals surface area contributed by atoms with Crippen LogP contribution in [0.1, 0.15) is 75.2 Å². The van der Waals surface area contributed by atoms with Gasteiger partial charge in [-0.3, -0.25) is 4.79 Å². The van der Waals surface area contributed by atoms with Gasteiger partial charge in [-0.1, -0.05) is 33.1 Å². The standard InChI is InChI=1S/C24H31N3O2/c1-15(2)13-21(28)26-24-22(16-7-5-4-6-8-16)27-23-19-11-10-18(29-3)14-17(19)9-12-20(23)25-24/h10-11,14-16H,4-9,12-13H2,1-3H3,(H,25,26,28). The van der Waals surface area contributed by atoms with Crippen molar-refractivity contribution in [1.29, 1.82) is 0 Å². The predicted molar refractivity (Wildman–Crippen MR) is 115 cm³/mol. The van der Waals surface area contributed by atoms with Crippen LogP contribution in [0.5, 0.6) is 5.75 Å². The van der Waals surface area contributed by atoms with Gasteiger partial charge in [-0.2, -0.15) is 0 Å². The van der Waals surface area contributed by atoms with Crippen molar-refractivity contribution < 1.29 is 9.53 Å². The molecule has 1 aromatic heterocycles. The summed E-state index contributed by atoms with van der Waals surface area (Å²) in [7, 11) is 1.70. The molecule has 0 saturated heterocycles. The Kier molecular flexibility index (Phi) is 5.84. The molecule has 0 radical (unpaired) electrons. The Bertz CT molecular complexity index is 901. The molecule has 0 bridgehead atoms. The molecule has 0 atom stereocenters. The summed E-state index contributed by atoms with van der Waals surface area (Å²) in [4.78, 5) is 22.6. The van der Waals surface area contributed by atoms with Crippen molar-refractivity contribution in [2.45, 2.75) is 71.1 Å². The van der Waals surface area contributed by atoms with E-state index in [0.29, 0.717) is 24.1 Å². The Balaban J connectivity index is 1.75. The Morgan fingerprint density at radius 1 is 1.17 bits per heavy atom. The maximum Gasteiger partial charge on any atom is 0.225 e. The number of fused-ring (bicyclic) bond motifs is 3. The topological polar surface area (TPSA) is 64.1 Å². The minimum Gasteiger partial charge on any atom is -0.497 e. The second-order valence-electron chi connectivity index (χ2n) is 8.76. The molecule has 1 aromatic carbocycles. The zero-order valence-electron chi connectivity index (χ0n) is 17.8. The molecule has 0 aliphatic heterocycles. The van der Waals surface area contributed by atoms with Gasteiger partial charge >= 0.3 is 0 Å². The molecule has 2 aromatic rings. The number of rotatable bonds is 5. The summed E-state index contributed by atoms with van der Waals surface area (Å²) in [5.74, 6) is 2.30. The average Bonchev–Trinajstić information content (AvgIpc) is 2.72. The summed E-state index contributed by atoms with van der Waals surface area (Å²) >= 11 is 0. The van der Waals surface area contributed by atoms with Crippen molar-refractivity contribution in [3.05, 3.63) is 35.2 Å². The van der Waals surface area contributed by atoms with Gasteiger partial charge in [-0.25, -0.2) is 9.97 Å². The highest BCUT2D eigenvalue weighted by molar-refractivity contribution is 5.90. The number of ether oxygens (including phenoxy) is 1. The van der Waals surface area contributed by atoms with Crippen molar-refractivity contribution in [3.8, 4) is 17.0 Å². The summed E-state index contributed by atoms with van der Waals surface area (Å²) < 4.78 is 5.40. The molecule has 5 nitrogen and oxygen atoms in total. The largest absolute Gasteiger partial charge is 0.497 e. The van der Waals surface area contributed by atoms with Crippen LogP contribution in [0.4, 0.5) is 5.82 Å². The molecule has 1 N–H and O–H groups in total. The van der Waals surface area contributed by atoms with Crippen molar-refractivity contribution in [1.82, 2.24) is 9.97 Å². The van der Waals surface area contributed by atoms with Gasteiger partial charge in [0.25, 0.3) is 0 Å². The van der Waals surface area contributed by atoms with Crippen LogP contribution < -0.4 is 10.1 Å². The van der Waals surface area contributed by atoms with E-state index in [2.05, 4.69) is 31.3 Å². The number of aromatic nitrogens is 2. The summed E-state index contributed by atoms with van der Waals surface area (Å²) in [5.41, 5.74) is 5.36. The third-order valence-corrected chi connectivity index (χ3v) is 6.04. The quantitative estimate of drug-likeness (QED) is 0.750. The first kappa shape index (κ1) is 19.9. The van der Waals surface area contributed by atoms with E-state index in [9.17, 15) is 4.79 Å². The summed E-state index contributed by atoms with van der Waals surface area (Å²) in [5, 5.41) is 3.10. The SMILES string of the molecule is COc1ccc2c(c1)CCc1nc(NC(=O)CC(C)C)c(C3CCCCC3)nc1-2. The van der Waals surface area contributed by atoms with Gasteiger partial charge in [-0.05, 0) is 55.4 Å². The molecule has 0 unspecified atom stereocenters. The number of nitrogens with one attached hydrogen (secondary N) is 1. The van der Waals surface area contributed by atoms with Gasteiger partial charge in [0.15, 0.2) is 5.82 Å². The van der Waals surface area contributed by atoms with Crippen LogP contribution in [0.25, 0.3) is 11.3 Å². The molecule has 1 saturated carbocycles. The second kappa shape index (κ2) is 8.52. The van der Waals surface area contributed by atoms with Crippen LogP contribution in [0.15, 0.2) is 18.2 Å². The van der Waals surface area contributed by atoms with Crippen LogP contribution in [-0.2, 0) is 17.6 Å². The molecule has 5 heteroatoms. The normalized spacial score (nSPS) is 16.3. The fourth-order valence-electron chi connectivity index (χ4n) is 4.57. The Morgan fingerprint density at radius 2 is 1.97 bits per heavy atom. The predicted octanol–water partition coefficient (Wildman–Crippen LogP) is 5.28. The first-order chi connectivity index (χ1) is 14.0. The van der Waals surface area contributed by atoms with Gasteiger partial charge < -0.3 is 10.1 Å². The molecule has 29 heavy (non-hydrogen) atoms. The number of benzene rings is 1. The van der Waals surface area contributed by atoms with E-state index in [1.807, 2.05) is 6.07 Å². The van der Waals surface area contributed by atoms with Crippen LogP contribution in [0, 0.1) is 5.92 Å². The summed E-state index contributed by atoms with van der Waals surface area (Å²) in [6.07, 6.45) is 8.22. The highest BCUT2D eigenvalue weighted by Gasteiger charge is 2.27. The van der Waals surface area contributed by atoms with Gasteiger partial charge in [0, 0.05) is 17.9 Å². The number of anilines is 1. The van der Waals surface area contributed by atoms with Crippen LogP contribution in [0.3, 0.4) is 0 Å². The van der Waals surface area contributed by atoms with Crippen LogP contribution >= 0.6 is 0 Å². The van der Waals surface area contributed by atoms with Crippen molar-refractivity contribution in [2.24, 2.45) is 5.92 Å². The minimum absolute atomic E-state index is 0.0345. The third kappa shape index (κ3) is 4.29. The second-order valence-corrected chi connectivity index (χ2v) is 8.76. The lowest BCUT2D eigenvalue weighted by atomic mass is 9.85. The maximum absolute atomic E-state index is 12.5. The number of hydrogen-bond acceptors (Lipinski definition) is 4. The molecule has 4 rings (SSSR count). The van der Waals surface area contributed by atoms with Gasteiger partial charge in [-0.15, -0.1) is 0 Å². The van der Waals surface area contributed by atoms with Crippen molar-refractivity contribution in [3.63, 3.8) is 0 Å². The zero-order chi connectivity index (χ0) is 20.4. The number of aryl methyl sites for hydroxylation is 2. The Hall–Kier alpha value is -2.43. The average molecular weight is 394 g/mol. The van der Waals surface area contributed by atoms with E-state index in [0.717, 1.165) is 54.1 Å². The van der Waals surface area contributed by atoms with Gasteiger partial charge in [0.1, 0.15) is 5.75 Å². The van der Waals surface area contributed by atoms with E-state index in [4.69, 9.17) is 14.7 Å². The van der Waals surface area contributed by atoms with Crippen molar-refractivity contribution >= 4 is 11.7 Å². The Labute approximate surface area is 173 Å². The number of amides is 1. The Morgan fingerprint density at radius 3 is 2.69 bits per heavy atom. The molecule has 2 aliphatic carbocycles. The van der Waals surface area contributed by atoms with E-state index in [1.165, 1.54) is 24.8 Å². The highest BCUT2D eigenvalue weighted by Crippen LogP contribution is 2.39. The van der Waals surface area contributed by atoms with Gasteiger partial charge in [0.2, 0.25) is 5.91 Å². The molecular weight excluding hydrogens is 362 g/mol. The summed E-state index contributed by atoms with van der Waals surface area (Å²) in [6.45, 7) is 4.12. The van der Waals surface area contributed by atoms with Crippen molar-refractivity contribution in [2.75, 3.05) is 12.4 Å². The lowest BCUT2D eigenvalue weighted by molar-refractivity contribution is -0.116. The molecule has 1 amide bonds. The molecule has 2 aliphatic rings. The number of carbonyl (C=O) groups excluding carboxylic acids is 1. The smallest absolute Gasteiger partial charge is 0.225 e. The van der Waals surface area contributed by atoms with E-state index < -0.39 is 0 Å². The lowest BCUT2D eigenvalue weighted by Gasteiger charge is -2.26. The number of nitrogens with zero attached hydrogens (tertiary/aromatic N) is 2. The number of carbonyl (C=O) groups is 1. The zero-order valence-corrected chi connectivity index (χ0v) is 17.8. The van der Waals surface area contributed by atoms with Crippen LogP contribution in [-0.4, -0.2) is 23.0 Å². The van der Waals surface area contributed by atoms with Gasteiger partial charge in [0.05, 0.1) is 24.2 Å². The highest BCUT2D eigenvalue weighted by atomic mass is 16.5. The number of methoxy groups -OCH3 is 1. The fourth-order valence-corrected chi connectivity index (χ4v) is 4.57. The minimum atomic E-state index is 0.0345. The van der Waals surface area contributed by atoms with E-state index in [-0.39, 0.29) is 5.91 Å². The third-order valence-electron chi connectivity index (χ3n) is 6.04. The van der Waals surface area contributed by atoms with E-state index in [1.54, 1.807) is 7.11 Å². The molecular formula is C24H31N3O2. The van der Waals surface area contributed by atoms with E-state index >= 15 is 0 Å². The number of hydrogen-bond donors (Lipinski definition) is 1. The molecule has 1 fully saturated rings. The lowest BCUT2D eigenvalue weighted by Crippen LogP contribution is -2.21. The molecule has 154 valence electrons.